The van der Waals surface area contributed by atoms with Crippen LogP contribution in [0.4, 0.5) is 0 Å². The minimum Gasteiger partial charge on any atom is -0.508 e. The minimum atomic E-state index is -0.0771. The van der Waals surface area contributed by atoms with Gasteiger partial charge >= 0.3 is 0 Å². The number of benzene rings is 2. The van der Waals surface area contributed by atoms with Gasteiger partial charge in [0.15, 0.2) is 5.76 Å². The molecule has 102 valence electrons. The third kappa shape index (κ3) is 1.99. The monoisotopic (exact) mass is 271 g/mol. The first-order valence-electron chi connectivity index (χ1n) is 6.05. The molecule has 2 aromatic rings. The topological polar surface area (TPSA) is 95.9 Å². The lowest BCUT2D eigenvalue weighted by atomic mass is 10.0. The maximum Gasteiger partial charge on any atom is 0.153 e. The second kappa shape index (κ2) is 4.38. The van der Waals surface area contributed by atoms with Gasteiger partial charge in [0, 0.05) is 29.7 Å². The van der Waals surface area contributed by atoms with Crippen LogP contribution in [0.5, 0.6) is 23.0 Å². The minimum absolute atomic E-state index is 0.0484. The van der Waals surface area contributed by atoms with Crippen LogP contribution in [0.3, 0.4) is 0 Å². The summed E-state index contributed by atoms with van der Waals surface area (Å²) in [5.74, 6) is 0.862. The fourth-order valence-electron chi connectivity index (χ4n) is 2.19. The number of phenolic OH excluding ortho intramolecular Hbond substituents is 3. The van der Waals surface area contributed by atoms with Gasteiger partial charge in [0.1, 0.15) is 23.0 Å². The molecular formula is C15H13NO4. The van der Waals surface area contributed by atoms with E-state index in [0.29, 0.717) is 34.8 Å². The van der Waals surface area contributed by atoms with E-state index in [0.717, 1.165) is 0 Å². The van der Waals surface area contributed by atoms with Gasteiger partial charge in [0.05, 0.1) is 5.70 Å². The van der Waals surface area contributed by atoms with Crippen molar-refractivity contribution in [3.8, 4) is 23.0 Å². The lowest BCUT2D eigenvalue weighted by molar-refractivity contribution is 0.425. The molecule has 5 nitrogen and oxygen atoms in total. The summed E-state index contributed by atoms with van der Waals surface area (Å²) in [4.78, 5) is 0. The highest BCUT2D eigenvalue weighted by Crippen LogP contribution is 2.40. The number of phenols is 3. The zero-order chi connectivity index (χ0) is 14.3. The van der Waals surface area contributed by atoms with Crippen molar-refractivity contribution in [2.24, 2.45) is 5.73 Å². The Labute approximate surface area is 115 Å². The summed E-state index contributed by atoms with van der Waals surface area (Å²) in [5.41, 5.74) is 7.73. The van der Waals surface area contributed by atoms with Crippen LogP contribution in [0.15, 0.2) is 42.1 Å². The molecule has 0 unspecified atom stereocenters. The van der Waals surface area contributed by atoms with E-state index in [1.54, 1.807) is 12.1 Å². The highest BCUT2D eigenvalue weighted by Gasteiger charge is 2.22. The third-order valence-corrected chi connectivity index (χ3v) is 3.17. The molecular weight excluding hydrogens is 258 g/mol. The molecule has 0 radical (unpaired) electrons. The Morgan fingerprint density at radius 1 is 0.950 bits per heavy atom. The molecule has 0 spiro atoms. The number of fused-ring (bicyclic) bond motifs is 1. The van der Waals surface area contributed by atoms with Gasteiger partial charge in [-0.1, -0.05) is 0 Å². The zero-order valence-corrected chi connectivity index (χ0v) is 10.5. The summed E-state index contributed by atoms with van der Waals surface area (Å²) >= 11 is 0. The van der Waals surface area contributed by atoms with Gasteiger partial charge in [-0.25, -0.2) is 0 Å². The van der Waals surface area contributed by atoms with E-state index in [-0.39, 0.29) is 17.2 Å². The smallest absolute Gasteiger partial charge is 0.153 e. The van der Waals surface area contributed by atoms with Crippen LogP contribution in [0, 0.1) is 0 Å². The first-order chi connectivity index (χ1) is 9.54. The van der Waals surface area contributed by atoms with Crippen molar-refractivity contribution in [1.29, 1.82) is 0 Å². The molecule has 1 aliphatic rings. The maximum absolute atomic E-state index is 9.80. The Kier molecular flexibility index (Phi) is 2.68. The second-order valence-corrected chi connectivity index (χ2v) is 4.62. The fourth-order valence-corrected chi connectivity index (χ4v) is 2.19. The van der Waals surface area contributed by atoms with E-state index in [2.05, 4.69) is 0 Å². The van der Waals surface area contributed by atoms with Crippen LogP contribution in [0.2, 0.25) is 0 Å². The van der Waals surface area contributed by atoms with E-state index >= 15 is 0 Å². The Morgan fingerprint density at radius 3 is 2.35 bits per heavy atom. The molecule has 1 aliphatic heterocycles. The van der Waals surface area contributed by atoms with Crippen LogP contribution in [0.1, 0.15) is 11.1 Å². The van der Waals surface area contributed by atoms with E-state index in [1.165, 1.54) is 24.3 Å². The molecule has 0 bridgehead atoms. The third-order valence-electron chi connectivity index (χ3n) is 3.17. The highest BCUT2D eigenvalue weighted by atomic mass is 16.5. The lowest BCUT2D eigenvalue weighted by Gasteiger charge is -2.22. The molecule has 1 heterocycles. The number of allylic oxidation sites excluding steroid dienone is 1. The Hall–Kier alpha value is -2.82. The van der Waals surface area contributed by atoms with E-state index in [1.807, 2.05) is 0 Å². The zero-order valence-electron chi connectivity index (χ0n) is 10.5. The average molecular weight is 271 g/mol. The molecule has 0 fully saturated rings. The first-order valence-corrected chi connectivity index (χ1v) is 6.05. The van der Waals surface area contributed by atoms with E-state index in [4.69, 9.17) is 10.5 Å². The van der Waals surface area contributed by atoms with Gasteiger partial charge in [0.25, 0.3) is 0 Å². The van der Waals surface area contributed by atoms with E-state index < -0.39 is 0 Å². The molecule has 20 heavy (non-hydrogen) atoms. The molecule has 3 rings (SSSR count). The molecule has 0 aliphatic carbocycles. The standard InChI is InChI=1S/C15H13NO4/c16-12-7-11-13(19)5-10(18)6-14(11)20-15(12)8-1-3-9(17)4-2-8/h1-6,17-19H,7,16H2. The van der Waals surface area contributed by atoms with E-state index in [9.17, 15) is 15.3 Å². The molecule has 0 aromatic heterocycles. The van der Waals surface area contributed by atoms with Gasteiger partial charge in [-0.05, 0) is 24.3 Å². The molecule has 2 aromatic carbocycles. The van der Waals surface area contributed by atoms with Crippen molar-refractivity contribution in [2.75, 3.05) is 0 Å². The maximum atomic E-state index is 9.80. The van der Waals surface area contributed by atoms with Gasteiger partial charge in [0.2, 0.25) is 0 Å². The summed E-state index contributed by atoms with van der Waals surface area (Å²) in [6, 6.07) is 9.13. The van der Waals surface area contributed by atoms with Crippen molar-refractivity contribution in [3.63, 3.8) is 0 Å². The van der Waals surface area contributed by atoms with Gasteiger partial charge in [-0.3, -0.25) is 0 Å². The Bertz CT molecular complexity index is 705. The van der Waals surface area contributed by atoms with Crippen LogP contribution in [0.25, 0.3) is 5.76 Å². The Balaban J connectivity index is 2.05. The highest BCUT2D eigenvalue weighted by molar-refractivity contribution is 5.70. The van der Waals surface area contributed by atoms with Crippen molar-refractivity contribution >= 4 is 5.76 Å². The summed E-state index contributed by atoms with van der Waals surface area (Å²) in [5, 5.41) is 28.6. The molecule has 0 atom stereocenters. The van der Waals surface area contributed by atoms with Crippen LogP contribution in [-0.4, -0.2) is 15.3 Å². The number of aromatic hydroxyl groups is 3. The molecule has 0 saturated heterocycles. The van der Waals surface area contributed by atoms with Crippen molar-refractivity contribution < 1.29 is 20.1 Å². The van der Waals surface area contributed by atoms with Crippen molar-refractivity contribution in [3.05, 3.63) is 53.2 Å². The number of hydrogen-bond donors (Lipinski definition) is 4. The lowest BCUT2D eigenvalue weighted by Crippen LogP contribution is -2.15. The van der Waals surface area contributed by atoms with Gasteiger partial charge in [-0.2, -0.15) is 0 Å². The SMILES string of the molecule is NC1=C(c2ccc(O)cc2)Oc2cc(O)cc(O)c2C1. The van der Waals surface area contributed by atoms with Crippen LogP contribution in [-0.2, 0) is 6.42 Å². The first kappa shape index (κ1) is 12.2. The van der Waals surface area contributed by atoms with Gasteiger partial charge in [-0.15, -0.1) is 0 Å². The fraction of sp³-hybridized carbons (Fsp3) is 0.0667. The summed E-state index contributed by atoms with van der Waals surface area (Å²) in [6.07, 6.45) is 0.331. The van der Waals surface area contributed by atoms with Crippen molar-refractivity contribution in [1.82, 2.24) is 0 Å². The van der Waals surface area contributed by atoms with Gasteiger partial charge < -0.3 is 25.8 Å². The summed E-state index contributed by atoms with van der Waals surface area (Å²) in [7, 11) is 0. The second-order valence-electron chi connectivity index (χ2n) is 4.62. The van der Waals surface area contributed by atoms with Crippen molar-refractivity contribution in [2.45, 2.75) is 6.42 Å². The molecule has 0 saturated carbocycles. The number of rotatable bonds is 1. The number of nitrogens with two attached hydrogens (primary N) is 1. The summed E-state index contributed by atoms with van der Waals surface area (Å²) in [6.45, 7) is 0. The van der Waals surface area contributed by atoms with Crippen LogP contribution < -0.4 is 10.5 Å². The predicted octanol–water partition coefficient (Wildman–Crippen LogP) is 2.07. The summed E-state index contributed by atoms with van der Waals surface area (Å²) < 4.78 is 5.68. The largest absolute Gasteiger partial charge is 0.508 e. The number of ether oxygens (including phenoxy) is 1. The Morgan fingerprint density at radius 2 is 1.65 bits per heavy atom. The molecule has 5 N–H and O–H groups in total. The normalized spacial score (nSPS) is 13.8. The molecule has 0 amide bonds. The number of hydrogen-bond acceptors (Lipinski definition) is 5. The molecule has 5 heteroatoms. The quantitative estimate of drug-likeness (QED) is 0.636. The van der Waals surface area contributed by atoms with Crippen LogP contribution >= 0.6 is 0 Å². The predicted molar refractivity (Wildman–Crippen MR) is 73.3 cm³/mol. The average Bonchev–Trinajstić information content (AvgIpc) is 2.40.